The molecule has 12 heteroatoms. The number of fused-ring (bicyclic) bond motifs is 2. The summed E-state index contributed by atoms with van der Waals surface area (Å²) in [5.41, 5.74) is 13.8. The molecule has 2 fully saturated rings. The van der Waals surface area contributed by atoms with Gasteiger partial charge >= 0.3 is 0 Å². The van der Waals surface area contributed by atoms with E-state index in [1.165, 1.54) is 0 Å². The molecule has 0 atom stereocenters. The number of ether oxygens (including phenoxy) is 1. The van der Waals surface area contributed by atoms with Crippen LogP contribution in [0.3, 0.4) is 0 Å². The Labute approximate surface area is 313 Å². The molecule has 0 aliphatic carbocycles. The van der Waals surface area contributed by atoms with Crippen LogP contribution in [0.2, 0.25) is 0 Å². The maximum absolute atomic E-state index is 12.4. The average Bonchev–Trinajstić information content (AvgIpc) is 3.15. The van der Waals surface area contributed by atoms with E-state index in [1.54, 1.807) is 25.3 Å². The van der Waals surface area contributed by atoms with Gasteiger partial charge in [0.25, 0.3) is 11.1 Å². The molecule has 2 aliphatic rings. The van der Waals surface area contributed by atoms with Crippen molar-refractivity contribution in [2.45, 2.75) is 85.6 Å². The summed E-state index contributed by atoms with van der Waals surface area (Å²) in [6, 6.07) is 13.8. The minimum atomic E-state index is 0. The third-order valence-electron chi connectivity index (χ3n) is 10.4. The predicted octanol–water partition coefficient (Wildman–Crippen LogP) is 4.44. The van der Waals surface area contributed by atoms with Crippen LogP contribution in [-0.4, -0.2) is 92.3 Å². The van der Waals surface area contributed by atoms with Crippen molar-refractivity contribution >= 4 is 22.1 Å². The fourth-order valence-electron chi connectivity index (χ4n) is 7.13. The first-order chi connectivity index (χ1) is 25.2. The summed E-state index contributed by atoms with van der Waals surface area (Å²) in [7, 11) is 1.69. The topological polar surface area (TPSA) is 136 Å². The van der Waals surface area contributed by atoms with Gasteiger partial charge in [-0.1, -0.05) is 7.43 Å². The van der Waals surface area contributed by atoms with Crippen molar-refractivity contribution in [3.8, 4) is 5.75 Å². The first-order valence-corrected chi connectivity index (χ1v) is 18.5. The number of hydrogen-bond acceptors (Lipinski definition) is 10. The van der Waals surface area contributed by atoms with Gasteiger partial charge in [-0.2, -0.15) is 0 Å². The molecule has 5 aromatic heterocycles. The molecule has 284 valence electrons. The molecule has 3 N–H and O–H groups in total. The third kappa shape index (κ3) is 10.3. The second-order valence-corrected chi connectivity index (χ2v) is 14.3. The molecule has 7 heterocycles. The zero-order chi connectivity index (χ0) is 36.6. The number of nitrogens with one attached hydrogen (secondary N) is 1. The van der Waals surface area contributed by atoms with Gasteiger partial charge in [-0.25, -0.2) is 0 Å². The number of aromatic nitrogens is 5. The van der Waals surface area contributed by atoms with E-state index < -0.39 is 0 Å². The number of hydrogen-bond donors (Lipinski definition) is 2. The summed E-state index contributed by atoms with van der Waals surface area (Å²) in [6.07, 6.45) is 9.82. The van der Waals surface area contributed by atoms with Crippen LogP contribution < -0.4 is 26.9 Å². The second-order valence-electron chi connectivity index (χ2n) is 14.3. The Morgan fingerprint density at radius 3 is 1.74 bits per heavy atom. The van der Waals surface area contributed by atoms with Gasteiger partial charge in [0, 0.05) is 87.2 Å². The fourth-order valence-corrected chi connectivity index (χ4v) is 7.13. The number of methoxy groups -OCH3 is 1. The van der Waals surface area contributed by atoms with Crippen LogP contribution in [0.25, 0.3) is 22.1 Å². The van der Waals surface area contributed by atoms with E-state index in [1.807, 2.05) is 72.8 Å². The van der Waals surface area contributed by atoms with Crippen molar-refractivity contribution in [2.75, 3.05) is 46.4 Å². The summed E-state index contributed by atoms with van der Waals surface area (Å²) < 4.78 is 9.09. The first-order valence-electron chi connectivity index (χ1n) is 18.5. The molecule has 0 bridgehead atoms. The smallest absolute Gasteiger partial charge is 0.251 e. The number of nitrogens with zero attached hydrogens (tertiary/aromatic N) is 7. The summed E-state index contributed by atoms with van der Waals surface area (Å²) >= 11 is 0. The standard InChI is InChI=1S/C24H31N5O2.C16H22N4O.CH4/c1-17-12-22-21(27-14-17)4-5-24(30)29(22)11-10-28-8-6-19(7-9-28)26-16-20-13-23(31-3)18(2)15-25-20;1-12-10-15-14(18-11-12)2-3-16(21)20(15)9-8-19-6-4-13(17)5-7-19;/h4-5,12-15,19,26H,6-11,16H2,1-3H3;2-3,10-11,13H,4-9,17H2,1H3;1H4. The lowest BCUT2D eigenvalue weighted by Crippen LogP contribution is -2.43. The molecular formula is C41H57N9O3. The number of rotatable bonds is 10. The van der Waals surface area contributed by atoms with Crippen LogP contribution in [0.1, 0.15) is 55.5 Å². The highest BCUT2D eigenvalue weighted by Gasteiger charge is 2.20. The molecule has 0 unspecified atom stereocenters. The Hall–Kier alpha value is -4.49. The fraction of sp³-hybridized carbons (Fsp3) is 0.488. The van der Waals surface area contributed by atoms with Crippen molar-refractivity contribution in [2.24, 2.45) is 5.73 Å². The van der Waals surface area contributed by atoms with Gasteiger partial charge in [-0.15, -0.1) is 0 Å². The van der Waals surface area contributed by atoms with Crippen LogP contribution in [0.4, 0.5) is 0 Å². The molecule has 12 nitrogen and oxygen atoms in total. The van der Waals surface area contributed by atoms with E-state index in [-0.39, 0.29) is 18.5 Å². The summed E-state index contributed by atoms with van der Waals surface area (Å²) in [6.45, 7) is 14.0. The van der Waals surface area contributed by atoms with Crippen LogP contribution in [0, 0.1) is 20.8 Å². The van der Waals surface area contributed by atoms with Crippen molar-refractivity contribution in [3.63, 3.8) is 0 Å². The molecule has 2 saturated heterocycles. The van der Waals surface area contributed by atoms with Crippen molar-refractivity contribution in [1.29, 1.82) is 0 Å². The summed E-state index contributed by atoms with van der Waals surface area (Å²) in [5.74, 6) is 0.885. The van der Waals surface area contributed by atoms with Gasteiger partial charge in [-0.05, 0) is 108 Å². The molecule has 0 aromatic carbocycles. The highest BCUT2D eigenvalue weighted by atomic mass is 16.5. The monoisotopic (exact) mass is 723 g/mol. The molecule has 0 radical (unpaired) electrons. The van der Waals surface area contributed by atoms with E-state index in [4.69, 9.17) is 10.5 Å². The van der Waals surface area contributed by atoms with Crippen molar-refractivity contribution < 1.29 is 4.74 Å². The number of likely N-dealkylation sites (tertiary alicyclic amines) is 2. The zero-order valence-corrected chi connectivity index (χ0v) is 31.1. The van der Waals surface area contributed by atoms with Gasteiger partial charge in [0.2, 0.25) is 0 Å². The van der Waals surface area contributed by atoms with Crippen LogP contribution in [-0.2, 0) is 19.6 Å². The lowest BCUT2D eigenvalue weighted by Gasteiger charge is -2.32. The molecule has 53 heavy (non-hydrogen) atoms. The number of piperidine rings is 2. The molecule has 2 aliphatic heterocycles. The van der Waals surface area contributed by atoms with E-state index >= 15 is 0 Å². The Bertz CT molecular complexity index is 2080. The normalized spacial score (nSPS) is 15.9. The molecule has 0 amide bonds. The average molecular weight is 724 g/mol. The number of aryl methyl sites for hydroxylation is 3. The maximum Gasteiger partial charge on any atom is 0.251 e. The Morgan fingerprint density at radius 1 is 0.717 bits per heavy atom. The third-order valence-corrected chi connectivity index (χ3v) is 10.4. The highest BCUT2D eigenvalue weighted by molar-refractivity contribution is 5.75. The second kappa shape index (κ2) is 18.5. The van der Waals surface area contributed by atoms with Crippen molar-refractivity contribution in [3.05, 3.63) is 104 Å². The van der Waals surface area contributed by atoms with Crippen LogP contribution >= 0.6 is 0 Å². The molecule has 0 spiro atoms. The lowest BCUT2D eigenvalue weighted by molar-refractivity contribution is 0.191. The lowest BCUT2D eigenvalue weighted by atomic mass is 10.0. The molecule has 5 aromatic rings. The van der Waals surface area contributed by atoms with Crippen LogP contribution in [0.15, 0.2) is 70.6 Å². The molecular weight excluding hydrogens is 667 g/mol. The van der Waals surface area contributed by atoms with Crippen molar-refractivity contribution in [1.82, 2.24) is 39.2 Å². The SMILES string of the molecule is C.COc1cc(CNC2CCN(CCn3c(=O)ccc4ncc(C)cc43)CC2)ncc1C.Cc1cnc2ccc(=O)n(CCN3CCC(N)CC3)c2c1. The Morgan fingerprint density at radius 2 is 1.23 bits per heavy atom. The number of pyridine rings is 5. The van der Waals surface area contributed by atoms with Gasteiger partial charge < -0.3 is 34.7 Å². The Kier molecular flexibility index (Phi) is 13.9. The van der Waals surface area contributed by atoms with Gasteiger partial charge in [0.15, 0.2) is 0 Å². The van der Waals surface area contributed by atoms with E-state index in [2.05, 4.69) is 30.1 Å². The Balaban J connectivity index is 0.000000215. The minimum absolute atomic E-state index is 0. The largest absolute Gasteiger partial charge is 0.496 e. The van der Waals surface area contributed by atoms with E-state index in [9.17, 15) is 9.59 Å². The van der Waals surface area contributed by atoms with Gasteiger partial charge in [0.1, 0.15) is 5.75 Å². The van der Waals surface area contributed by atoms with Crippen LogP contribution in [0.5, 0.6) is 5.75 Å². The maximum atomic E-state index is 12.4. The first kappa shape index (κ1) is 39.7. The predicted molar refractivity (Wildman–Crippen MR) is 214 cm³/mol. The molecule has 0 saturated carbocycles. The van der Waals surface area contributed by atoms with E-state index in [0.29, 0.717) is 25.2 Å². The quantitative estimate of drug-likeness (QED) is 0.213. The summed E-state index contributed by atoms with van der Waals surface area (Å²) in [4.78, 5) is 42.8. The van der Waals surface area contributed by atoms with E-state index in [0.717, 1.165) is 122 Å². The highest BCUT2D eigenvalue weighted by Crippen LogP contribution is 2.18. The minimum Gasteiger partial charge on any atom is -0.496 e. The van der Waals surface area contributed by atoms with Gasteiger partial charge in [-0.3, -0.25) is 24.5 Å². The van der Waals surface area contributed by atoms with Gasteiger partial charge in [0.05, 0.1) is 34.9 Å². The molecule has 7 rings (SSSR count). The zero-order valence-electron chi connectivity index (χ0n) is 31.1. The summed E-state index contributed by atoms with van der Waals surface area (Å²) in [5, 5.41) is 3.63. The number of nitrogens with two attached hydrogens (primary N) is 1.